The van der Waals surface area contributed by atoms with Crippen LogP contribution in [0, 0.1) is 23.7 Å². The Morgan fingerprint density at radius 3 is 2.30 bits per heavy atom. The topological polar surface area (TPSA) is 57.6 Å². The van der Waals surface area contributed by atoms with Crippen LogP contribution in [0.5, 0.6) is 0 Å². The minimum absolute atomic E-state index is 0.137. The van der Waals surface area contributed by atoms with Crippen LogP contribution in [0.1, 0.15) is 52.4 Å². The van der Waals surface area contributed by atoms with Gasteiger partial charge in [0, 0.05) is 19.0 Å². The fraction of sp³-hybridized carbons (Fsp3) is 0.875. The van der Waals surface area contributed by atoms with Gasteiger partial charge in [0.2, 0.25) is 5.91 Å². The number of carbonyl (C=O) groups excluding carboxylic acids is 1. The van der Waals surface area contributed by atoms with E-state index in [9.17, 15) is 14.7 Å². The molecule has 2 rings (SSSR count). The van der Waals surface area contributed by atoms with E-state index in [2.05, 4.69) is 6.92 Å². The second-order valence-corrected chi connectivity index (χ2v) is 6.75. The molecule has 2 aliphatic rings. The first-order chi connectivity index (χ1) is 9.51. The molecule has 1 N–H and O–H groups in total. The van der Waals surface area contributed by atoms with Gasteiger partial charge in [0.05, 0.1) is 5.92 Å². The standard InChI is InChI=1S/C16H27NO3/c1-3-12-4-6-13(7-5-12)15(18)17-9-11(2)8-14(10-17)16(19)20/h11-14H,3-10H2,1-2H3,(H,19,20). The normalized spacial score (nSPS) is 34.8. The molecule has 114 valence electrons. The third-order valence-corrected chi connectivity index (χ3v) is 5.09. The maximum atomic E-state index is 12.6. The molecule has 4 heteroatoms. The van der Waals surface area contributed by atoms with Crippen molar-refractivity contribution < 1.29 is 14.7 Å². The highest BCUT2D eigenvalue weighted by atomic mass is 16.4. The number of nitrogens with zero attached hydrogens (tertiary/aromatic N) is 1. The summed E-state index contributed by atoms with van der Waals surface area (Å²) < 4.78 is 0. The molecule has 0 spiro atoms. The number of carboxylic acid groups (broad SMARTS) is 1. The van der Waals surface area contributed by atoms with Gasteiger partial charge in [0.15, 0.2) is 0 Å². The molecule has 1 aliphatic heterocycles. The number of hydrogen-bond acceptors (Lipinski definition) is 2. The van der Waals surface area contributed by atoms with Crippen LogP contribution < -0.4 is 0 Å². The van der Waals surface area contributed by atoms with Crippen LogP contribution in [0.3, 0.4) is 0 Å². The Labute approximate surface area is 121 Å². The Balaban J connectivity index is 1.93. The van der Waals surface area contributed by atoms with Crippen LogP contribution in [0.15, 0.2) is 0 Å². The highest BCUT2D eigenvalue weighted by Gasteiger charge is 2.35. The van der Waals surface area contributed by atoms with Gasteiger partial charge in [0.1, 0.15) is 0 Å². The molecule has 20 heavy (non-hydrogen) atoms. The molecule has 1 saturated carbocycles. The Morgan fingerprint density at radius 2 is 1.75 bits per heavy atom. The summed E-state index contributed by atoms with van der Waals surface area (Å²) in [4.78, 5) is 25.6. The highest BCUT2D eigenvalue weighted by molar-refractivity contribution is 5.80. The van der Waals surface area contributed by atoms with Gasteiger partial charge < -0.3 is 10.0 Å². The maximum absolute atomic E-state index is 12.6. The number of carboxylic acids is 1. The Morgan fingerprint density at radius 1 is 1.10 bits per heavy atom. The zero-order chi connectivity index (χ0) is 14.7. The summed E-state index contributed by atoms with van der Waals surface area (Å²) >= 11 is 0. The summed E-state index contributed by atoms with van der Waals surface area (Å²) in [5.41, 5.74) is 0. The number of hydrogen-bond donors (Lipinski definition) is 1. The molecule has 1 amide bonds. The van der Waals surface area contributed by atoms with E-state index in [1.165, 1.54) is 6.42 Å². The fourth-order valence-corrected chi connectivity index (χ4v) is 3.79. The monoisotopic (exact) mass is 281 g/mol. The zero-order valence-corrected chi connectivity index (χ0v) is 12.7. The van der Waals surface area contributed by atoms with Crippen molar-refractivity contribution >= 4 is 11.9 Å². The van der Waals surface area contributed by atoms with Gasteiger partial charge in [-0.05, 0) is 43.9 Å². The quantitative estimate of drug-likeness (QED) is 0.865. The first-order valence-electron chi connectivity index (χ1n) is 8.02. The van der Waals surface area contributed by atoms with Crippen LogP contribution in [0.25, 0.3) is 0 Å². The first-order valence-corrected chi connectivity index (χ1v) is 8.02. The van der Waals surface area contributed by atoms with Gasteiger partial charge in [-0.3, -0.25) is 9.59 Å². The van der Waals surface area contributed by atoms with Gasteiger partial charge in [-0.1, -0.05) is 20.3 Å². The zero-order valence-electron chi connectivity index (χ0n) is 12.7. The Kier molecular flexibility index (Phi) is 5.06. The lowest BCUT2D eigenvalue weighted by Crippen LogP contribution is -2.48. The molecule has 4 nitrogen and oxygen atoms in total. The maximum Gasteiger partial charge on any atom is 0.308 e. The molecule has 1 aliphatic carbocycles. The SMILES string of the molecule is CCC1CCC(C(=O)N2CC(C)CC(C(=O)O)C2)CC1. The van der Waals surface area contributed by atoms with E-state index in [1.807, 2.05) is 11.8 Å². The van der Waals surface area contributed by atoms with Crippen molar-refractivity contribution in [2.24, 2.45) is 23.7 Å². The van der Waals surface area contributed by atoms with Crippen LogP contribution in [0.4, 0.5) is 0 Å². The van der Waals surface area contributed by atoms with Crippen LogP contribution >= 0.6 is 0 Å². The summed E-state index contributed by atoms with van der Waals surface area (Å²) in [6.07, 6.45) is 6.18. The van der Waals surface area contributed by atoms with Crippen molar-refractivity contribution in [1.29, 1.82) is 0 Å². The van der Waals surface area contributed by atoms with E-state index in [0.29, 0.717) is 18.9 Å². The number of amides is 1. The van der Waals surface area contributed by atoms with Crippen molar-refractivity contribution in [3.05, 3.63) is 0 Å². The molecule has 0 bridgehead atoms. The van der Waals surface area contributed by atoms with Crippen molar-refractivity contribution in [3.63, 3.8) is 0 Å². The van der Waals surface area contributed by atoms with Gasteiger partial charge in [-0.2, -0.15) is 0 Å². The smallest absolute Gasteiger partial charge is 0.308 e. The average molecular weight is 281 g/mol. The largest absolute Gasteiger partial charge is 0.481 e. The molecule has 0 radical (unpaired) electrons. The lowest BCUT2D eigenvalue weighted by Gasteiger charge is -2.38. The third-order valence-electron chi connectivity index (χ3n) is 5.09. The average Bonchev–Trinajstić information content (AvgIpc) is 2.46. The Bertz CT molecular complexity index is 361. The number of aliphatic carboxylic acids is 1. The van der Waals surface area contributed by atoms with E-state index < -0.39 is 5.97 Å². The molecular weight excluding hydrogens is 254 g/mol. The van der Waals surface area contributed by atoms with Crippen LogP contribution in [0.2, 0.25) is 0 Å². The van der Waals surface area contributed by atoms with Crippen molar-refractivity contribution in [2.45, 2.75) is 52.4 Å². The predicted molar refractivity (Wildman–Crippen MR) is 77.2 cm³/mol. The summed E-state index contributed by atoms with van der Waals surface area (Å²) in [5, 5.41) is 9.19. The number of piperidine rings is 1. The van der Waals surface area contributed by atoms with Gasteiger partial charge >= 0.3 is 5.97 Å². The molecule has 2 atom stereocenters. The minimum Gasteiger partial charge on any atom is -0.481 e. The van der Waals surface area contributed by atoms with Crippen LogP contribution in [-0.4, -0.2) is 35.0 Å². The summed E-state index contributed by atoms with van der Waals surface area (Å²) in [6.45, 7) is 5.41. The molecular formula is C16H27NO3. The lowest BCUT2D eigenvalue weighted by atomic mass is 9.79. The molecule has 1 saturated heterocycles. The second kappa shape index (κ2) is 6.59. The molecule has 0 aromatic rings. The van der Waals surface area contributed by atoms with Crippen molar-refractivity contribution in [3.8, 4) is 0 Å². The highest BCUT2D eigenvalue weighted by Crippen LogP contribution is 2.33. The summed E-state index contributed by atoms with van der Waals surface area (Å²) in [7, 11) is 0. The molecule has 2 fully saturated rings. The van der Waals surface area contributed by atoms with Gasteiger partial charge in [-0.15, -0.1) is 0 Å². The van der Waals surface area contributed by atoms with Crippen molar-refractivity contribution in [2.75, 3.05) is 13.1 Å². The Hall–Kier alpha value is -1.06. The second-order valence-electron chi connectivity index (χ2n) is 6.75. The number of likely N-dealkylation sites (tertiary alicyclic amines) is 1. The van der Waals surface area contributed by atoms with Gasteiger partial charge in [0.25, 0.3) is 0 Å². The molecule has 0 aromatic heterocycles. The van der Waals surface area contributed by atoms with E-state index >= 15 is 0 Å². The van der Waals surface area contributed by atoms with Gasteiger partial charge in [-0.25, -0.2) is 0 Å². The van der Waals surface area contributed by atoms with E-state index in [4.69, 9.17) is 0 Å². The van der Waals surface area contributed by atoms with E-state index in [1.54, 1.807) is 0 Å². The predicted octanol–water partition coefficient (Wildman–Crippen LogP) is 2.77. The molecule has 0 aromatic carbocycles. The summed E-state index contributed by atoms with van der Waals surface area (Å²) in [6, 6.07) is 0. The van der Waals surface area contributed by atoms with E-state index in [0.717, 1.165) is 38.1 Å². The van der Waals surface area contributed by atoms with Crippen molar-refractivity contribution in [1.82, 2.24) is 4.90 Å². The minimum atomic E-state index is -0.760. The summed E-state index contributed by atoms with van der Waals surface area (Å²) in [5.74, 6) is 0.278. The van der Waals surface area contributed by atoms with E-state index in [-0.39, 0.29) is 17.7 Å². The number of rotatable bonds is 3. The number of carbonyl (C=O) groups is 2. The molecule has 2 unspecified atom stereocenters. The lowest BCUT2D eigenvalue weighted by molar-refractivity contribution is -0.148. The molecule has 1 heterocycles. The fourth-order valence-electron chi connectivity index (χ4n) is 3.79. The van der Waals surface area contributed by atoms with Crippen LogP contribution in [-0.2, 0) is 9.59 Å². The first kappa shape index (κ1) is 15.3. The third kappa shape index (κ3) is 3.53.